The van der Waals surface area contributed by atoms with Crippen LogP contribution in [0.1, 0.15) is 30.8 Å². The average molecular weight is 331 g/mol. The first-order valence-electron chi connectivity index (χ1n) is 7.50. The molecule has 0 saturated heterocycles. The number of rotatable bonds is 5. The fraction of sp³-hybridized carbons (Fsp3) is 0.375. The number of hydrogen-bond donors (Lipinski definition) is 1. The van der Waals surface area contributed by atoms with Crippen molar-refractivity contribution in [3.05, 3.63) is 35.3 Å². The predicted molar refractivity (Wildman–Crippen MR) is 86.7 cm³/mol. The Hall–Kier alpha value is -2.77. The molecule has 3 aromatic rings. The van der Waals surface area contributed by atoms with E-state index in [9.17, 15) is 4.39 Å². The number of alkyl halides is 1. The molecule has 3 heterocycles. The number of aromatic nitrogens is 4. The standard InChI is InChI=1S/C16H18FN5O2/c1-9-12(13(18-4)14-15(20-9)22-24-21-14)7-10-5-6-11(8-19-10)23-16(2,3)17/h5-6,8,18H,7H2,1-4H3. The fourth-order valence-corrected chi connectivity index (χ4v) is 2.49. The van der Waals surface area contributed by atoms with Gasteiger partial charge in [0, 0.05) is 44.3 Å². The van der Waals surface area contributed by atoms with Crippen LogP contribution in [0.5, 0.6) is 5.75 Å². The molecule has 0 bridgehead atoms. The van der Waals surface area contributed by atoms with E-state index in [1.54, 1.807) is 19.2 Å². The van der Waals surface area contributed by atoms with Gasteiger partial charge in [-0.3, -0.25) is 4.98 Å². The lowest BCUT2D eigenvalue weighted by atomic mass is 10.0. The van der Waals surface area contributed by atoms with Crippen molar-refractivity contribution in [2.75, 3.05) is 12.4 Å². The normalized spacial score (nSPS) is 11.7. The van der Waals surface area contributed by atoms with E-state index in [0.717, 1.165) is 22.6 Å². The van der Waals surface area contributed by atoms with Gasteiger partial charge >= 0.3 is 0 Å². The van der Waals surface area contributed by atoms with Gasteiger partial charge in [-0.25, -0.2) is 9.61 Å². The van der Waals surface area contributed by atoms with Gasteiger partial charge < -0.3 is 10.1 Å². The summed E-state index contributed by atoms with van der Waals surface area (Å²) in [5.41, 5.74) is 4.42. The molecule has 0 aliphatic rings. The van der Waals surface area contributed by atoms with Crippen molar-refractivity contribution in [2.24, 2.45) is 0 Å². The lowest BCUT2D eigenvalue weighted by molar-refractivity contribution is -0.0260. The Labute approximate surface area is 138 Å². The van der Waals surface area contributed by atoms with Gasteiger partial charge in [-0.2, -0.15) is 4.39 Å². The lowest BCUT2D eigenvalue weighted by Gasteiger charge is -2.17. The van der Waals surface area contributed by atoms with E-state index < -0.39 is 5.85 Å². The van der Waals surface area contributed by atoms with Crippen LogP contribution in [-0.4, -0.2) is 33.2 Å². The minimum atomic E-state index is -1.74. The highest BCUT2D eigenvalue weighted by Gasteiger charge is 2.18. The zero-order valence-corrected chi connectivity index (χ0v) is 13.9. The van der Waals surface area contributed by atoms with Gasteiger partial charge in [-0.1, -0.05) is 0 Å². The molecule has 8 heteroatoms. The molecule has 0 fully saturated rings. The summed E-state index contributed by atoms with van der Waals surface area (Å²) < 4.78 is 23.4. The molecule has 1 N–H and O–H groups in total. The number of nitrogens with zero attached hydrogens (tertiary/aromatic N) is 4. The second-order valence-electron chi connectivity index (χ2n) is 5.86. The maximum atomic E-state index is 13.5. The van der Waals surface area contributed by atoms with Crippen molar-refractivity contribution in [1.29, 1.82) is 0 Å². The maximum Gasteiger partial charge on any atom is 0.242 e. The molecule has 0 unspecified atom stereocenters. The van der Waals surface area contributed by atoms with E-state index in [1.165, 1.54) is 20.0 Å². The molecule has 126 valence electrons. The average Bonchev–Trinajstić information content (AvgIpc) is 2.96. The van der Waals surface area contributed by atoms with Gasteiger partial charge in [-0.15, -0.1) is 0 Å². The van der Waals surface area contributed by atoms with Crippen LogP contribution in [-0.2, 0) is 6.42 Å². The molecule has 0 aliphatic carbocycles. The summed E-state index contributed by atoms with van der Waals surface area (Å²) in [4.78, 5) is 8.73. The third kappa shape index (κ3) is 3.27. The molecule has 0 spiro atoms. The fourth-order valence-electron chi connectivity index (χ4n) is 2.49. The van der Waals surface area contributed by atoms with Gasteiger partial charge in [-0.05, 0) is 29.4 Å². The first-order valence-corrected chi connectivity index (χ1v) is 7.50. The Morgan fingerprint density at radius 2 is 2.08 bits per heavy atom. The van der Waals surface area contributed by atoms with Crippen LogP contribution in [0, 0.1) is 6.92 Å². The highest BCUT2D eigenvalue weighted by atomic mass is 19.2. The van der Waals surface area contributed by atoms with E-state index in [2.05, 4.69) is 25.6 Å². The smallest absolute Gasteiger partial charge is 0.242 e. The third-order valence-corrected chi connectivity index (χ3v) is 3.49. The maximum absolute atomic E-state index is 13.5. The van der Waals surface area contributed by atoms with Crippen molar-refractivity contribution in [3.63, 3.8) is 0 Å². The van der Waals surface area contributed by atoms with Gasteiger partial charge in [0.1, 0.15) is 5.75 Å². The first-order chi connectivity index (χ1) is 11.4. The number of anilines is 1. The highest BCUT2D eigenvalue weighted by molar-refractivity contribution is 5.87. The summed E-state index contributed by atoms with van der Waals surface area (Å²) in [6, 6.07) is 3.49. The van der Waals surface area contributed by atoms with Crippen molar-refractivity contribution in [2.45, 2.75) is 33.0 Å². The number of aryl methyl sites for hydroxylation is 1. The minimum absolute atomic E-state index is 0.381. The van der Waals surface area contributed by atoms with Crippen molar-refractivity contribution in [3.8, 4) is 5.75 Å². The van der Waals surface area contributed by atoms with Gasteiger partial charge in [0.25, 0.3) is 0 Å². The molecule has 3 rings (SSSR count). The van der Waals surface area contributed by atoms with E-state index in [1.807, 2.05) is 6.92 Å². The van der Waals surface area contributed by atoms with Crippen LogP contribution >= 0.6 is 0 Å². The van der Waals surface area contributed by atoms with Crippen LogP contribution in [0.3, 0.4) is 0 Å². The van der Waals surface area contributed by atoms with Crippen LogP contribution in [0.15, 0.2) is 23.0 Å². The van der Waals surface area contributed by atoms with E-state index in [0.29, 0.717) is 23.3 Å². The second kappa shape index (κ2) is 6.03. The summed E-state index contributed by atoms with van der Waals surface area (Å²) in [6.45, 7) is 4.58. The highest BCUT2D eigenvalue weighted by Crippen LogP contribution is 2.28. The Kier molecular flexibility index (Phi) is 4.04. The zero-order valence-electron chi connectivity index (χ0n) is 13.9. The molecule has 0 aromatic carbocycles. The first kappa shape index (κ1) is 16.1. The molecular formula is C16H18FN5O2. The summed E-state index contributed by atoms with van der Waals surface area (Å²) in [7, 11) is 1.81. The number of pyridine rings is 2. The van der Waals surface area contributed by atoms with Gasteiger partial charge in [0.2, 0.25) is 11.5 Å². The molecule has 0 aliphatic heterocycles. The molecule has 0 amide bonds. The van der Waals surface area contributed by atoms with E-state index >= 15 is 0 Å². The van der Waals surface area contributed by atoms with Crippen LogP contribution in [0.4, 0.5) is 10.1 Å². The third-order valence-electron chi connectivity index (χ3n) is 3.49. The molecule has 0 radical (unpaired) electrons. The Morgan fingerprint density at radius 3 is 2.71 bits per heavy atom. The number of fused-ring (bicyclic) bond motifs is 1. The summed E-state index contributed by atoms with van der Waals surface area (Å²) in [5, 5.41) is 10.8. The molecule has 24 heavy (non-hydrogen) atoms. The molecule has 0 saturated carbocycles. The predicted octanol–water partition coefficient (Wildman–Crippen LogP) is 3.04. The van der Waals surface area contributed by atoms with E-state index in [4.69, 9.17) is 9.37 Å². The van der Waals surface area contributed by atoms with Crippen molar-refractivity contribution >= 4 is 16.9 Å². The molecular weight excluding hydrogens is 313 g/mol. The topological polar surface area (TPSA) is 86.0 Å². The van der Waals surface area contributed by atoms with Crippen LogP contribution in [0.2, 0.25) is 0 Å². The van der Waals surface area contributed by atoms with Crippen LogP contribution < -0.4 is 10.1 Å². The van der Waals surface area contributed by atoms with Crippen LogP contribution in [0.25, 0.3) is 11.2 Å². The van der Waals surface area contributed by atoms with Crippen molar-refractivity contribution in [1.82, 2.24) is 20.3 Å². The minimum Gasteiger partial charge on any atom is -0.457 e. The van der Waals surface area contributed by atoms with Gasteiger partial charge in [0.15, 0.2) is 5.52 Å². The number of hydrogen-bond acceptors (Lipinski definition) is 7. The Bertz CT molecular complexity index is 855. The van der Waals surface area contributed by atoms with E-state index in [-0.39, 0.29) is 0 Å². The zero-order chi connectivity index (χ0) is 17.3. The summed E-state index contributed by atoms with van der Waals surface area (Å²) in [5.74, 6) is -1.36. The Morgan fingerprint density at radius 1 is 1.29 bits per heavy atom. The second-order valence-corrected chi connectivity index (χ2v) is 5.86. The quantitative estimate of drug-likeness (QED) is 0.769. The van der Waals surface area contributed by atoms with Crippen molar-refractivity contribution < 1.29 is 13.8 Å². The number of ether oxygens (including phenoxy) is 1. The largest absolute Gasteiger partial charge is 0.457 e. The van der Waals surface area contributed by atoms with Gasteiger partial charge in [0.05, 0.1) is 11.9 Å². The monoisotopic (exact) mass is 331 g/mol. The molecule has 3 aromatic heterocycles. The Balaban J connectivity index is 1.91. The number of halogens is 1. The lowest BCUT2D eigenvalue weighted by Crippen LogP contribution is -2.21. The summed E-state index contributed by atoms with van der Waals surface area (Å²) >= 11 is 0. The summed E-state index contributed by atoms with van der Waals surface area (Å²) in [6.07, 6.45) is 2.05. The molecule has 7 nitrogen and oxygen atoms in total. The number of nitrogens with one attached hydrogen (secondary N) is 1. The molecule has 0 atom stereocenters. The SMILES string of the molecule is CNc1c(Cc2ccc(OC(C)(C)F)cn2)c(C)nc2nonc12.